The summed E-state index contributed by atoms with van der Waals surface area (Å²) in [7, 11) is 0. The summed E-state index contributed by atoms with van der Waals surface area (Å²) in [6, 6.07) is -0.545. The molecule has 1 fully saturated rings. The summed E-state index contributed by atoms with van der Waals surface area (Å²) in [6.45, 7) is 4.80. The van der Waals surface area contributed by atoms with E-state index in [9.17, 15) is 14.4 Å². The highest BCUT2D eigenvalue weighted by molar-refractivity contribution is 5.81. The lowest BCUT2D eigenvalue weighted by Crippen LogP contribution is -2.44. The van der Waals surface area contributed by atoms with Gasteiger partial charge in [-0.3, -0.25) is 9.59 Å². The number of carboxylic acid groups (broad SMARTS) is 1. The molecule has 0 aliphatic carbocycles. The second-order valence-corrected chi connectivity index (χ2v) is 5.65. The van der Waals surface area contributed by atoms with Gasteiger partial charge in [0, 0.05) is 25.9 Å². The predicted octanol–water partition coefficient (Wildman–Crippen LogP) is 0.311. The first kappa shape index (κ1) is 16.3. The van der Waals surface area contributed by atoms with Crippen molar-refractivity contribution in [2.45, 2.75) is 39.2 Å². The third-order valence-corrected chi connectivity index (χ3v) is 3.13. The van der Waals surface area contributed by atoms with Gasteiger partial charge in [0.15, 0.2) is 0 Å². The van der Waals surface area contributed by atoms with Crippen LogP contribution in [0.1, 0.15) is 33.1 Å². The third kappa shape index (κ3) is 6.40. The number of hydrogen-bond donors (Lipinski definition) is 4. The highest BCUT2D eigenvalue weighted by Crippen LogP contribution is 2.14. The zero-order chi connectivity index (χ0) is 15.1. The lowest BCUT2D eigenvalue weighted by molar-refractivity contribution is -0.138. The molecule has 0 aromatic heterocycles. The van der Waals surface area contributed by atoms with Gasteiger partial charge in [-0.15, -0.1) is 0 Å². The molecule has 7 heteroatoms. The molecule has 0 spiro atoms. The van der Waals surface area contributed by atoms with Crippen LogP contribution in [0.4, 0.5) is 4.79 Å². The van der Waals surface area contributed by atoms with E-state index in [1.807, 2.05) is 13.8 Å². The predicted molar refractivity (Wildman–Crippen MR) is 73.1 cm³/mol. The molecule has 2 atom stereocenters. The zero-order valence-electron chi connectivity index (χ0n) is 11.9. The minimum absolute atomic E-state index is 0.0436. The molecule has 0 saturated carbocycles. The normalized spacial score (nSPS) is 19.6. The standard InChI is InChI=1S/C13H23N3O4/c1-8(2)3-9(4-12(18)19)6-15-13(20)16-10-5-11(17)14-7-10/h8-10H,3-7H2,1-2H3,(H,14,17)(H,18,19)(H2,15,16,20)/t9-,10?/m0/s1. The fourth-order valence-electron chi connectivity index (χ4n) is 2.33. The Morgan fingerprint density at radius 1 is 1.45 bits per heavy atom. The van der Waals surface area contributed by atoms with Gasteiger partial charge in [0.25, 0.3) is 0 Å². The van der Waals surface area contributed by atoms with Gasteiger partial charge in [-0.25, -0.2) is 4.79 Å². The molecule has 114 valence electrons. The summed E-state index contributed by atoms with van der Waals surface area (Å²) in [5, 5.41) is 16.9. The van der Waals surface area contributed by atoms with Crippen molar-refractivity contribution in [3.63, 3.8) is 0 Å². The molecule has 1 heterocycles. The van der Waals surface area contributed by atoms with Crippen LogP contribution in [0.3, 0.4) is 0 Å². The van der Waals surface area contributed by atoms with E-state index < -0.39 is 5.97 Å². The minimum atomic E-state index is -0.858. The van der Waals surface area contributed by atoms with Crippen LogP contribution in [0, 0.1) is 11.8 Å². The third-order valence-electron chi connectivity index (χ3n) is 3.13. The number of carboxylic acids is 1. The van der Waals surface area contributed by atoms with E-state index in [4.69, 9.17) is 5.11 Å². The average molecular weight is 285 g/mol. The Morgan fingerprint density at radius 3 is 2.65 bits per heavy atom. The molecular weight excluding hydrogens is 262 g/mol. The maximum Gasteiger partial charge on any atom is 0.315 e. The largest absolute Gasteiger partial charge is 0.481 e. The minimum Gasteiger partial charge on any atom is -0.481 e. The first-order valence-electron chi connectivity index (χ1n) is 6.89. The number of hydrogen-bond acceptors (Lipinski definition) is 3. The van der Waals surface area contributed by atoms with E-state index in [1.165, 1.54) is 0 Å². The number of carbonyl (C=O) groups is 3. The van der Waals surface area contributed by atoms with Crippen LogP contribution in [0.5, 0.6) is 0 Å². The Hall–Kier alpha value is -1.79. The van der Waals surface area contributed by atoms with Crippen LogP contribution < -0.4 is 16.0 Å². The SMILES string of the molecule is CC(C)C[C@H](CNC(=O)NC1CNC(=O)C1)CC(=O)O. The van der Waals surface area contributed by atoms with Crippen LogP contribution in [-0.2, 0) is 9.59 Å². The van der Waals surface area contributed by atoms with Gasteiger partial charge < -0.3 is 21.1 Å². The fraction of sp³-hybridized carbons (Fsp3) is 0.769. The summed E-state index contributed by atoms with van der Waals surface area (Å²) in [5.41, 5.74) is 0. The van der Waals surface area contributed by atoms with Gasteiger partial charge in [0.05, 0.1) is 6.04 Å². The fourth-order valence-corrected chi connectivity index (χ4v) is 2.33. The highest BCUT2D eigenvalue weighted by atomic mass is 16.4. The van der Waals surface area contributed by atoms with Crippen molar-refractivity contribution in [2.24, 2.45) is 11.8 Å². The van der Waals surface area contributed by atoms with Crippen molar-refractivity contribution in [1.82, 2.24) is 16.0 Å². The van der Waals surface area contributed by atoms with Gasteiger partial charge in [-0.2, -0.15) is 0 Å². The molecule has 0 radical (unpaired) electrons. The lowest BCUT2D eigenvalue weighted by atomic mass is 9.94. The molecule has 7 nitrogen and oxygen atoms in total. The molecule has 0 aromatic rings. The van der Waals surface area contributed by atoms with Crippen LogP contribution in [0.25, 0.3) is 0 Å². The monoisotopic (exact) mass is 285 g/mol. The quantitative estimate of drug-likeness (QED) is 0.540. The van der Waals surface area contributed by atoms with E-state index in [2.05, 4.69) is 16.0 Å². The molecule has 1 aliphatic rings. The number of carbonyl (C=O) groups excluding carboxylic acids is 2. The first-order chi connectivity index (χ1) is 9.36. The Balaban J connectivity index is 2.31. The van der Waals surface area contributed by atoms with Crippen molar-refractivity contribution in [3.05, 3.63) is 0 Å². The summed E-state index contributed by atoms with van der Waals surface area (Å²) in [5.74, 6) is -0.634. The van der Waals surface area contributed by atoms with E-state index in [0.29, 0.717) is 19.0 Å². The number of aliphatic carboxylic acids is 1. The highest BCUT2D eigenvalue weighted by Gasteiger charge is 2.23. The molecule has 1 unspecified atom stereocenters. The van der Waals surface area contributed by atoms with Crippen LogP contribution in [0.15, 0.2) is 0 Å². The summed E-state index contributed by atoms with van der Waals surface area (Å²) >= 11 is 0. The second kappa shape index (κ2) is 7.72. The summed E-state index contributed by atoms with van der Waals surface area (Å²) in [4.78, 5) is 33.4. The van der Waals surface area contributed by atoms with Crippen molar-refractivity contribution in [1.29, 1.82) is 0 Å². The molecule has 1 rings (SSSR count). The Bertz CT molecular complexity index is 371. The van der Waals surface area contributed by atoms with Crippen LogP contribution in [-0.4, -0.2) is 42.1 Å². The number of amides is 3. The lowest BCUT2D eigenvalue weighted by Gasteiger charge is -2.19. The van der Waals surface area contributed by atoms with Gasteiger partial charge in [-0.05, 0) is 18.3 Å². The van der Waals surface area contributed by atoms with Crippen molar-refractivity contribution in [3.8, 4) is 0 Å². The van der Waals surface area contributed by atoms with Crippen molar-refractivity contribution < 1.29 is 19.5 Å². The molecule has 20 heavy (non-hydrogen) atoms. The number of rotatable bonds is 7. The maximum absolute atomic E-state index is 11.7. The topological polar surface area (TPSA) is 108 Å². The van der Waals surface area contributed by atoms with Crippen molar-refractivity contribution in [2.75, 3.05) is 13.1 Å². The molecule has 4 N–H and O–H groups in total. The van der Waals surface area contributed by atoms with Gasteiger partial charge in [0.2, 0.25) is 5.91 Å². The molecule has 3 amide bonds. The Morgan fingerprint density at radius 2 is 2.15 bits per heavy atom. The molecule has 1 aliphatic heterocycles. The second-order valence-electron chi connectivity index (χ2n) is 5.65. The molecule has 0 bridgehead atoms. The van der Waals surface area contributed by atoms with Gasteiger partial charge in [0.1, 0.15) is 0 Å². The summed E-state index contributed by atoms with van der Waals surface area (Å²) < 4.78 is 0. The Kier molecular flexibility index (Phi) is 6.27. The molecule has 1 saturated heterocycles. The van der Waals surface area contributed by atoms with E-state index in [1.54, 1.807) is 0 Å². The number of nitrogens with one attached hydrogen (secondary N) is 3. The Labute approximate surface area is 118 Å². The summed E-state index contributed by atoms with van der Waals surface area (Å²) in [6.07, 6.45) is 1.08. The van der Waals surface area contributed by atoms with Crippen LogP contribution in [0.2, 0.25) is 0 Å². The van der Waals surface area contributed by atoms with Crippen molar-refractivity contribution >= 4 is 17.9 Å². The molecular formula is C13H23N3O4. The van der Waals surface area contributed by atoms with E-state index in [-0.39, 0.29) is 36.7 Å². The van der Waals surface area contributed by atoms with Crippen LogP contribution >= 0.6 is 0 Å². The first-order valence-corrected chi connectivity index (χ1v) is 6.89. The smallest absolute Gasteiger partial charge is 0.315 e. The average Bonchev–Trinajstić information content (AvgIpc) is 2.70. The van der Waals surface area contributed by atoms with E-state index in [0.717, 1.165) is 6.42 Å². The molecule has 0 aromatic carbocycles. The van der Waals surface area contributed by atoms with Gasteiger partial charge >= 0.3 is 12.0 Å². The maximum atomic E-state index is 11.7. The van der Waals surface area contributed by atoms with Gasteiger partial charge in [-0.1, -0.05) is 13.8 Å². The zero-order valence-corrected chi connectivity index (χ0v) is 11.9. The van der Waals surface area contributed by atoms with E-state index >= 15 is 0 Å². The number of urea groups is 1.